The van der Waals surface area contributed by atoms with Crippen LogP contribution >= 0.6 is 11.8 Å². The Morgan fingerprint density at radius 1 is 0.935 bits per heavy atom. The molecule has 0 aliphatic carbocycles. The second-order valence-corrected chi connectivity index (χ2v) is 7.62. The second kappa shape index (κ2) is 9.80. The predicted octanol–water partition coefficient (Wildman–Crippen LogP) is 2.73. The van der Waals surface area contributed by atoms with Gasteiger partial charge in [0.05, 0.1) is 39.4 Å². The Bertz CT molecular complexity index is 955. The van der Waals surface area contributed by atoms with Crippen LogP contribution in [0.15, 0.2) is 30.3 Å². The number of esters is 1. The van der Waals surface area contributed by atoms with Crippen molar-refractivity contribution in [3.63, 3.8) is 0 Å². The van der Waals surface area contributed by atoms with E-state index in [1.807, 2.05) is 0 Å². The fraction of sp³-hybridized carbons (Fsp3) is 0.333. The molecule has 0 spiro atoms. The van der Waals surface area contributed by atoms with Gasteiger partial charge in [-0.1, -0.05) is 6.07 Å². The molecular formula is C21H23NO8S. The number of ether oxygens (including phenoxy) is 5. The minimum Gasteiger partial charge on any atom is -0.493 e. The Labute approximate surface area is 183 Å². The molecule has 2 atom stereocenters. The van der Waals surface area contributed by atoms with Gasteiger partial charge in [-0.2, -0.15) is 0 Å². The van der Waals surface area contributed by atoms with Crippen molar-refractivity contribution >= 4 is 23.7 Å². The fourth-order valence-electron chi connectivity index (χ4n) is 3.10. The number of nitrogens with one attached hydrogen (secondary N) is 1. The first kappa shape index (κ1) is 22.6. The van der Waals surface area contributed by atoms with Crippen LogP contribution in [0.4, 0.5) is 0 Å². The lowest BCUT2D eigenvalue weighted by atomic mass is 10.1. The van der Waals surface area contributed by atoms with Crippen LogP contribution in [0.25, 0.3) is 0 Å². The van der Waals surface area contributed by atoms with E-state index in [-0.39, 0.29) is 16.7 Å². The average molecular weight is 449 g/mol. The van der Waals surface area contributed by atoms with E-state index in [0.29, 0.717) is 28.8 Å². The van der Waals surface area contributed by atoms with Crippen LogP contribution < -0.4 is 29.0 Å². The number of carbonyl (C=O) groups is 2. The summed E-state index contributed by atoms with van der Waals surface area (Å²) < 4.78 is 26.7. The second-order valence-electron chi connectivity index (χ2n) is 6.48. The van der Waals surface area contributed by atoms with E-state index in [4.69, 9.17) is 28.8 Å². The summed E-state index contributed by atoms with van der Waals surface area (Å²) in [5, 5.41) is 12.0. The molecule has 166 valence electrons. The van der Waals surface area contributed by atoms with Crippen LogP contribution in [0.5, 0.6) is 28.7 Å². The molecule has 2 N–H and O–H groups in total. The number of methoxy groups -OCH3 is 4. The highest BCUT2D eigenvalue weighted by atomic mass is 32.2. The van der Waals surface area contributed by atoms with Crippen molar-refractivity contribution in [1.29, 1.82) is 0 Å². The largest absolute Gasteiger partial charge is 0.493 e. The number of hydrogen-bond donors (Lipinski definition) is 2. The first-order chi connectivity index (χ1) is 14.9. The molecule has 2 aromatic carbocycles. The minimum atomic E-state index is -0.891. The molecule has 9 nitrogen and oxygen atoms in total. The molecule has 0 saturated carbocycles. The quantitative estimate of drug-likeness (QED) is 0.461. The molecule has 3 rings (SSSR count). The topological polar surface area (TPSA) is 113 Å². The first-order valence-corrected chi connectivity index (χ1v) is 10.3. The molecular weight excluding hydrogens is 426 g/mol. The van der Waals surface area contributed by atoms with Gasteiger partial charge in [0, 0.05) is 5.75 Å². The molecule has 2 aromatic rings. The van der Waals surface area contributed by atoms with Crippen LogP contribution in [0.1, 0.15) is 21.3 Å². The summed E-state index contributed by atoms with van der Waals surface area (Å²) in [6.45, 7) is 0. The van der Waals surface area contributed by atoms with Crippen molar-refractivity contribution < 1.29 is 38.4 Å². The number of aliphatic carboxylic acids is 1. The molecule has 0 amide bonds. The van der Waals surface area contributed by atoms with E-state index in [1.165, 1.54) is 52.3 Å². The van der Waals surface area contributed by atoms with Gasteiger partial charge in [0.15, 0.2) is 23.0 Å². The zero-order chi connectivity index (χ0) is 22.5. The van der Waals surface area contributed by atoms with Gasteiger partial charge in [-0.15, -0.1) is 11.8 Å². The number of hydrogen-bond acceptors (Lipinski definition) is 9. The van der Waals surface area contributed by atoms with E-state index in [9.17, 15) is 9.59 Å². The average Bonchev–Trinajstić information content (AvgIpc) is 3.28. The van der Waals surface area contributed by atoms with Crippen molar-refractivity contribution in [2.45, 2.75) is 11.4 Å². The third kappa shape index (κ3) is 4.80. The van der Waals surface area contributed by atoms with Crippen LogP contribution in [0, 0.1) is 0 Å². The molecule has 31 heavy (non-hydrogen) atoms. The van der Waals surface area contributed by atoms with Gasteiger partial charge in [-0.25, -0.2) is 4.79 Å². The summed E-state index contributed by atoms with van der Waals surface area (Å²) in [7, 11) is 5.85. The summed E-state index contributed by atoms with van der Waals surface area (Å²) in [4.78, 5) is 23.9. The van der Waals surface area contributed by atoms with Gasteiger partial charge in [0.1, 0.15) is 6.04 Å². The Morgan fingerprint density at radius 3 is 2.10 bits per heavy atom. The Kier molecular flexibility index (Phi) is 7.13. The number of carbonyl (C=O) groups excluding carboxylic acids is 1. The maximum atomic E-state index is 12.8. The standard InChI is InChI=1S/C21H23NO8S/c1-26-15-7-11(19-22-13(10-31-19)20(23)24)5-6-14(15)30-21(25)12-8-16(27-2)18(29-4)17(9-12)28-3/h5-9,13,19,22H,10H2,1-4H3,(H,23,24)/t13-,19+/m1/s1. The summed E-state index contributed by atoms with van der Waals surface area (Å²) >= 11 is 1.48. The van der Waals surface area contributed by atoms with E-state index < -0.39 is 18.0 Å². The maximum absolute atomic E-state index is 12.8. The molecule has 1 saturated heterocycles. The van der Waals surface area contributed by atoms with E-state index in [2.05, 4.69) is 5.32 Å². The lowest BCUT2D eigenvalue weighted by Crippen LogP contribution is -2.33. The van der Waals surface area contributed by atoms with Crippen molar-refractivity contribution in [3.8, 4) is 28.7 Å². The molecule has 1 heterocycles. The van der Waals surface area contributed by atoms with Gasteiger partial charge >= 0.3 is 11.9 Å². The normalized spacial score (nSPS) is 17.7. The van der Waals surface area contributed by atoms with Gasteiger partial charge < -0.3 is 28.8 Å². The number of rotatable bonds is 8. The lowest BCUT2D eigenvalue weighted by Gasteiger charge is -2.16. The number of thioether (sulfide) groups is 1. The molecule has 1 aliphatic heterocycles. The molecule has 0 unspecified atom stereocenters. The van der Waals surface area contributed by atoms with Crippen LogP contribution in [0.3, 0.4) is 0 Å². The Morgan fingerprint density at radius 2 is 1.58 bits per heavy atom. The highest BCUT2D eigenvalue weighted by Crippen LogP contribution is 2.40. The summed E-state index contributed by atoms with van der Waals surface area (Å²) in [6.07, 6.45) is 0. The number of carboxylic acids is 1. The van der Waals surface area contributed by atoms with Gasteiger partial charge in [0.2, 0.25) is 5.75 Å². The summed E-state index contributed by atoms with van der Waals surface area (Å²) in [6, 6.07) is 7.46. The highest BCUT2D eigenvalue weighted by Gasteiger charge is 2.31. The molecule has 0 radical (unpaired) electrons. The Hall–Kier alpha value is -3.11. The third-order valence-electron chi connectivity index (χ3n) is 4.67. The molecule has 0 aromatic heterocycles. The lowest BCUT2D eigenvalue weighted by molar-refractivity contribution is -0.138. The van der Waals surface area contributed by atoms with Crippen LogP contribution in [0.2, 0.25) is 0 Å². The van der Waals surface area contributed by atoms with E-state index in [1.54, 1.807) is 18.2 Å². The molecule has 1 aliphatic rings. The van der Waals surface area contributed by atoms with E-state index in [0.717, 1.165) is 5.56 Å². The van der Waals surface area contributed by atoms with Crippen LogP contribution in [-0.4, -0.2) is 57.3 Å². The number of carboxylic acid groups (broad SMARTS) is 1. The fourth-order valence-corrected chi connectivity index (χ4v) is 4.32. The smallest absolute Gasteiger partial charge is 0.343 e. The van der Waals surface area contributed by atoms with Gasteiger partial charge in [0.25, 0.3) is 0 Å². The SMILES string of the molecule is COc1cc([C@H]2N[C@@H](C(=O)O)CS2)ccc1OC(=O)c1cc(OC)c(OC)c(OC)c1. The van der Waals surface area contributed by atoms with Crippen molar-refractivity contribution in [3.05, 3.63) is 41.5 Å². The zero-order valence-electron chi connectivity index (χ0n) is 17.5. The Balaban J connectivity index is 1.83. The third-order valence-corrected chi connectivity index (χ3v) is 5.94. The van der Waals surface area contributed by atoms with E-state index >= 15 is 0 Å². The van der Waals surface area contributed by atoms with Crippen LogP contribution in [-0.2, 0) is 4.79 Å². The van der Waals surface area contributed by atoms with Crippen molar-refractivity contribution in [2.24, 2.45) is 0 Å². The zero-order valence-corrected chi connectivity index (χ0v) is 18.3. The monoisotopic (exact) mass is 449 g/mol. The molecule has 1 fully saturated rings. The van der Waals surface area contributed by atoms with Gasteiger partial charge in [-0.05, 0) is 29.8 Å². The summed E-state index contributed by atoms with van der Waals surface area (Å²) in [5.41, 5.74) is 1.02. The van der Waals surface area contributed by atoms with Crippen molar-refractivity contribution in [2.75, 3.05) is 34.2 Å². The summed E-state index contributed by atoms with van der Waals surface area (Å²) in [5.74, 6) is 0.525. The minimum absolute atomic E-state index is 0.199. The van der Waals surface area contributed by atoms with Gasteiger partial charge in [-0.3, -0.25) is 10.1 Å². The first-order valence-electron chi connectivity index (χ1n) is 9.22. The number of benzene rings is 2. The highest BCUT2D eigenvalue weighted by molar-refractivity contribution is 7.99. The molecule has 10 heteroatoms. The van der Waals surface area contributed by atoms with Crippen molar-refractivity contribution in [1.82, 2.24) is 5.32 Å². The maximum Gasteiger partial charge on any atom is 0.343 e. The predicted molar refractivity (Wildman–Crippen MR) is 114 cm³/mol. The molecule has 0 bridgehead atoms.